The fourth-order valence-electron chi connectivity index (χ4n) is 3.53. The Labute approximate surface area is 148 Å². The van der Waals surface area contributed by atoms with Gasteiger partial charge in [-0.1, -0.05) is 12.1 Å². The molecular weight excluding hydrogens is 314 g/mol. The average molecular weight is 337 g/mol. The van der Waals surface area contributed by atoms with Gasteiger partial charge in [-0.05, 0) is 30.8 Å². The van der Waals surface area contributed by atoms with Crippen molar-refractivity contribution in [2.75, 3.05) is 46.4 Å². The van der Waals surface area contributed by atoms with Gasteiger partial charge in [-0.15, -0.1) is 0 Å². The van der Waals surface area contributed by atoms with E-state index in [0.717, 1.165) is 43.9 Å². The van der Waals surface area contributed by atoms with Crippen molar-refractivity contribution in [1.82, 2.24) is 14.8 Å². The second-order valence-corrected chi connectivity index (χ2v) is 6.93. The van der Waals surface area contributed by atoms with E-state index in [1.807, 2.05) is 36.5 Å². The maximum atomic E-state index is 13.0. The number of hydrogen-bond donors (Lipinski definition) is 0. The number of fused-ring (bicyclic) bond motifs is 1. The van der Waals surface area contributed by atoms with Crippen molar-refractivity contribution in [3.8, 4) is 16.9 Å². The fraction of sp³-hybridized carbons (Fsp3) is 0.400. The van der Waals surface area contributed by atoms with Gasteiger partial charge in [0.2, 0.25) is 0 Å². The zero-order chi connectivity index (χ0) is 17.2. The smallest absolute Gasteiger partial charge is 0.174 e. The Morgan fingerprint density at radius 2 is 2.00 bits per heavy atom. The summed E-state index contributed by atoms with van der Waals surface area (Å²) in [6, 6.07) is 9.75. The second kappa shape index (κ2) is 6.94. The lowest BCUT2D eigenvalue weighted by Crippen LogP contribution is -2.48. The number of ketones is 1. The molecule has 2 aliphatic rings. The summed E-state index contributed by atoms with van der Waals surface area (Å²) in [5.41, 5.74) is 2.72. The topological polar surface area (TPSA) is 45.7 Å². The number of ether oxygens (including phenoxy) is 1. The number of Topliss-reactive ketones (excluding diaryl/α,β-unsaturated/α-hetero) is 1. The third-order valence-corrected chi connectivity index (χ3v) is 5.13. The predicted octanol–water partition coefficient (Wildman–Crippen LogP) is 2.19. The highest BCUT2D eigenvalue weighted by Crippen LogP contribution is 2.32. The quantitative estimate of drug-likeness (QED) is 0.859. The molecule has 1 aromatic carbocycles. The van der Waals surface area contributed by atoms with E-state index in [1.165, 1.54) is 0 Å². The number of benzene rings is 1. The Bertz CT molecular complexity index is 755. The number of carbonyl (C=O) groups excluding carboxylic acids is 1. The zero-order valence-electron chi connectivity index (χ0n) is 14.5. The van der Waals surface area contributed by atoms with Gasteiger partial charge in [-0.2, -0.15) is 0 Å². The van der Waals surface area contributed by atoms with E-state index in [1.54, 1.807) is 6.20 Å². The van der Waals surface area contributed by atoms with Crippen LogP contribution in [0, 0.1) is 5.92 Å². The third-order valence-electron chi connectivity index (χ3n) is 5.13. The van der Waals surface area contributed by atoms with E-state index >= 15 is 0 Å². The summed E-state index contributed by atoms with van der Waals surface area (Å²) in [5, 5.41) is 0. The fourth-order valence-corrected chi connectivity index (χ4v) is 3.53. The summed E-state index contributed by atoms with van der Waals surface area (Å²) in [6.45, 7) is 5.41. The van der Waals surface area contributed by atoms with Crippen LogP contribution in [-0.2, 0) is 0 Å². The van der Waals surface area contributed by atoms with Crippen LogP contribution in [0.4, 0.5) is 0 Å². The lowest BCUT2D eigenvalue weighted by molar-refractivity contribution is 0.0712. The van der Waals surface area contributed by atoms with Crippen LogP contribution in [0.3, 0.4) is 0 Å². The first-order valence-electron chi connectivity index (χ1n) is 8.83. The van der Waals surface area contributed by atoms with Gasteiger partial charge < -0.3 is 9.64 Å². The minimum absolute atomic E-state index is 0.0833. The van der Waals surface area contributed by atoms with Crippen LogP contribution in [-0.4, -0.2) is 66.9 Å². The SMILES string of the molecule is CN1CCN(CC2COc3ccc(-c4cccnc4)cc3C2=O)CC1. The van der Waals surface area contributed by atoms with Crippen molar-refractivity contribution in [1.29, 1.82) is 0 Å². The number of pyridine rings is 1. The molecule has 4 rings (SSSR count). The van der Waals surface area contributed by atoms with Gasteiger partial charge in [0.1, 0.15) is 5.75 Å². The maximum absolute atomic E-state index is 13.0. The summed E-state index contributed by atoms with van der Waals surface area (Å²) in [6.07, 6.45) is 3.57. The Hall–Kier alpha value is -2.24. The van der Waals surface area contributed by atoms with Gasteiger partial charge in [0, 0.05) is 50.7 Å². The number of rotatable bonds is 3. The van der Waals surface area contributed by atoms with Crippen LogP contribution in [0.2, 0.25) is 0 Å². The molecule has 25 heavy (non-hydrogen) atoms. The lowest BCUT2D eigenvalue weighted by Gasteiger charge is -2.35. The molecule has 1 aromatic heterocycles. The van der Waals surface area contributed by atoms with E-state index in [9.17, 15) is 4.79 Å². The number of hydrogen-bond acceptors (Lipinski definition) is 5. The summed E-state index contributed by atoms with van der Waals surface area (Å²) in [5.74, 6) is 0.818. The zero-order valence-corrected chi connectivity index (χ0v) is 14.5. The van der Waals surface area contributed by atoms with Gasteiger partial charge in [-0.25, -0.2) is 0 Å². The first kappa shape index (κ1) is 16.2. The van der Waals surface area contributed by atoms with Gasteiger partial charge in [0.25, 0.3) is 0 Å². The largest absolute Gasteiger partial charge is 0.492 e. The molecule has 2 aliphatic heterocycles. The summed E-state index contributed by atoms with van der Waals surface area (Å²) in [4.78, 5) is 21.9. The van der Waals surface area contributed by atoms with Gasteiger partial charge in [-0.3, -0.25) is 14.7 Å². The van der Waals surface area contributed by atoms with Crippen LogP contribution in [0.15, 0.2) is 42.7 Å². The Morgan fingerprint density at radius 1 is 1.16 bits per heavy atom. The van der Waals surface area contributed by atoms with Crippen molar-refractivity contribution >= 4 is 5.78 Å². The van der Waals surface area contributed by atoms with E-state index in [0.29, 0.717) is 17.9 Å². The molecule has 0 aliphatic carbocycles. The molecule has 0 amide bonds. The standard InChI is InChI=1S/C20H23N3O2/c1-22-7-9-23(10-8-22)13-17-14-25-19-5-4-15(11-18(19)20(17)24)16-3-2-6-21-12-16/h2-6,11-12,17H,7-10,13-14H2,1H3. The van der Waals surface area contributed by atoms with Crippen molar-refractivity contribution in [2.24, 2.45) is 5.92 Å². The normalized spacial score (nSPS) is 21.6. The number of likely N-dealkylation sites (N-methyl/N-ethyl adjacent to an activating group) is 1. The Kier molecular flexibility index (Phi) is 4.51. The Morgan fingerprint density at radius 3 is 2.76 bits per heavy atom. The van der Waals surface area contributed by atoms with Crippen molar-refractivity contribution in [2.45, 2.75) is 0 Å². The number of nitrogens with zero attached hydrogens (tertiary/aromatic N) is 3. The Balaban J connectivity index is 1.53. The maximum Gasteiger partial charge on any atom is 0.174 e. The van der Waals surface area contributed by atoms with Crippen molar-refractivity contribution in [3.63, 3.8) is 0 Å². The highest BCUT2D eigenvalue weighted by atomic mass is 16.5. The minimum atomic E-state index is -0.0833. The van der Waals surface area contributed by atoms with Gasteiger partial charge >= 0.3 is 0 Å². The van der Waals surface area contributed by atoms with Crippen LogP contribution < -0.4 is 4.74 Å². The minimum Gasteiger partial charge on any atom is -0.492 e. The highest BCUT2D eigenvalue weighted by molar-refractivity contribution is 6.02. The molecule has 130 valence electrons. The van der Waals surface area contributed by atoms with E-state index in [2.05, 4.69) is 21.8 Å². The van der Waals surface area contributed by atoms with Crippen LogP contribution in [0.1, 0.15) is 10.4 Å². The lowest BCUT2D eigenvalue weighted by atomic mass is 9.92. The molecular formula is C20H23N3O2. The molecule has 0 spiro atoms. The summed E-state index contributed by atoms with van der Waals surface area (Å²) in [7, 11) is 2.14. The van der Waals surface area contributed by atoms with E-state index < -0.39 is 0 Å². The van der Waals surface area contributed by atoms with Crippen LogP contribution in [0.5, 0.6) is 5.75 Å². The predicted molar refractivity (Wildman–Crippen MR) is 96.9 cm³/mol. The molecule has 1 atom stereocenters. The highest BCUT2D eigenvalue weighted by Gasteiger charge is 2.31. The monoisotopic (exact) mass is 337 g/mol. The third kappa shape index (κ3) is 3.43. The average Bonchev–Trinajstić information content (AvgIpc) is 2.66. The molecule has 0 saturated carbocycles. The number of carbonyl (C=O) groups is 1. The molecule has 1 unspecified atom stereocenters. The number of piperazine rings is 1. The van der Waals surface area contributed by atoms with Crippen LogP contribution >= 0.6 is 0 Å². The van der Waals surface area contributed by atoms with Gasteiger partial charge in [0.05, 0.1) is 18.1 Å². The molecule has 1 saturated heterocycles. The first-order chi connectivity index (χ1) is 12.2. The molecule has 0 radical (unpaired) electrons. The van der Waals surface area contributed by atoms with E-state index in [-0.39, 0.29) is 11.7 Å². The second-order valence-electron chi connectivity index (χ2n) is 6.93. The molecule has 0 N–H and O–H groups in total. The van der Waals surface area contributed by atoms with Crippen molar-refractivity contribution < 1.29 is 9.53 Å². The molecule has 1 fully saturated rings. The molecule has 5 heteroatoms. The number of aromatic nitrogens is 1. The van der Waals surface area contributed by atoms with Gasteiger partial charge in [0.15, 0.2) is 5.78 Å². The molecule has 3 heterocycles. The molecule has 2 aromatic rings. The first-order valence-corrected chi connectivity index (χ1v) is 8.83. The van der Waals surface area contributed by atoms with E-state index in [4.69, 9.17) is 4.74 Å². The molecule has 0 bridgehead atoms. The molecule has 5 nitrogen and oxygen atoms in total. The summed E-state index contributed by atoms with van der Waals surface area (Å²) >= 11 is 0. The summed E-state index contributed by atoms with van der Waals surface area (Å²) < 4.78 is 5.89. The van der Waals surface area contributed by atoms with Crippen molar-refractivity contribution in [3.05, 3.63) is 48.3 Å². The van der Waals surface area contributed by atoms with Crippen LogP contribution in [0.25, 0.3) is 11.1 Å².